The van der Waals surface area contributed by atoms with Crippen molar-refractivity contribution in [2.75, 3.05) is 20.2 Å². The van der Waals surface area contributed by atoms with Gasteiger partial charge in [-0.15, -0.1) is 0 Å². The highest BCUT2D eigenvalue weighted by Gasteiger charge is 1.91. The topological polar surface area (TPSA) is 21.3 Å². The summed E-state index contributed by atoms with van der Waals surface area (Å²) in [5.41, 5.74) is 0. The third-order valence-corrected chi connectivity index (χ3v) is 1.65. The fourth-order valence-electron chi connectivity index (χ4n) is 0.944. The van der Waals surface area contributed by atoms with Crippen LogP contribution < -0.4 is 10.1 Å². The maximum atomic E-state index is 12.5. The van der Waals surface area contributed by atoms with Crippen LogP contribution in [0.5, 0.6) is 5.75 Å². The Hall–Kier alpha value is -1.35. The Kier molecular flexibility index (Phi) is 4.72. The lowest BCUT2D eigenvalue weighted by atomic mass is 10.3. The molecular weight excluding hydrogens is 181 g/mol. The lowest BCUT2D eigenvalue weighted by Gasteiger charge is -2.01. The highest BCUT2D eigenvalue weighted by atomic mass is 19.1. The number of ether oxygens (including phenoxy) is 1. The lowest BCUT2D eigenvalue weighted by Crippen LogP contribution is -2.04. The predicted molar refractivity (Wildman–Crippen MR) is 55.0 cm³/mol. The van der Waals surface area contributed by atoms with Gasteiger partial charge in [0.2, 0.25) is 0 Å². The Morgan fingerprint density at radius 2 is 2.00 bits per heavy atom. The largest absolute Gasteiger partial charge is 0.490 e. The van der Waals surface area contributed by atoms with E-state index in [1.807, 2.05) is 19.2 Å². The number of hydrogen-bond donors (Lipinski definition) is 1. The Bertz CT molecular complexity index is 282. The first kappa shape index (κ1) is 10.7. The number of likely N-dealkylation sites (N-methyl/N-ethyl adjacent to an activating group) is 1. The molecule has 0 amide bonds. The van der Waals surface area contributed by atoms with Crippen LogP contribution in [0.3, 0.4) is 0 Å². The fourth-order valence-corrected chi connectivity index (χ4v) is 0.944. The van der Waals surface area contributed by atoms with Gasteiger partial charge in [-0.3, -0.25) is 0 Å². The molecule has 0 atom stereocenters. The van der Waals surface area contributed by atoms with Crippen molar-refractivity contribution < 1.29 is 9.13 Å². The number of nitrogens with one attached hydrogen (secondary N) is 1. The summed E-state index contributed by atoms with van der Waals surface area (Å²) in [5, 5.41) is 2.98. The first-order chi connectivity index (χ1) is 6.83. The molecule has 0 radical (unpaired) electrons. The molecule has 0 unspecified atom stereocenters. The van der Waals surface area contributed by atoms with Crippen molar-refractivity contribution in [1.29, 1.82) is 0 Å². The third kappa shape index (κ3) is 4.05. The quantitative estimate of drug-likeness (QED) is 0.725. The monoisotopic (exact) mass is 195 g/mol. The third-order valence-electron chi connectivity index (χ3n) is 1.65. The molecule has 3 heteroatoms. The van der Waals surface area contributed by atoms with E-state index in [4.69, 9.17) is 4.74 Å². The van der Waals surface area contributed by atoms with E-state index in [0.717, 1.165) is 6.54 Å². The Balaban J connectivity index is 2.28. The average molecular weight is 195 g/mol. The van der Waals surface area contributed by atoms with Crippen LogP contribution in [0, 0.1) is 5.82 Å². The van der Waals surface area contributed by atoms with Crippen molar-refractivity contribution in [2.45, 2.75) is 0 Å². The minimum absolute atomic E-state index is 0.247. The summed E-state index contributed by atoms with van der Waals surface area (Å²) in [5.74, 6) is 0.434. The molecule has 0 aliphatic carbocycles. The first-order valence-electron chi connectivity index (χ1n) is 4.51. The molecule has 1 aromatic rings. The number of halogens is 1. The first-order valence-corrected chi connectivity index (χ1v) is 4.51. The molecule has 0 aliphatic heterocycles. The van der Waals surface area contributed by atoms with Crippen molar-refractivity contribution >= 4 is 0 Å². The lowest BCUT2D eigenvalue weighted by molar-refractivity contribution is 0.362. The molecule has 1 aromatic carbocycles. The summed E-state index contributed by atoms with van der Waals surface area (Å²) in [7, 11) is 1.88. The molecule has 1 rings (SSSR count). The van der Waals surface area contributed by atoms with E-state index in [2.05, 4.69) is 5.32 Å². The summed E-state index contributed by atoms with van der Waals surface area (Å²) in [6.07, 6.45) is 3.89. The van der Waals surface area contributed by atoms with Gasteiger partial charge in [0.15, 0.2) is 0 Å². The van der Waals surface area contributed by atoms with Gasteiger partial charge in [0, 0.05) is 6.54 Å². The predicted octanol–water partition coefficient (Wildman–Crippen LogP) is 1.98. The van der Waals surface area contributed by atoms with E-state index >= 15 is 0 Å². The van der Waals surface area contributed by atoms with Gasteiger partial charge in [-0.2, -0.15) is 0 Å². The molecule has 0 heterocycles. The molecule has 0 fully saturated rings. The van der Waals surface area contributed by atoms with Crippen molar-refractivity contribution in [3.05, 3.63) is 42.2 Å². The zero-order valence-electron chi connectivity index (χ0n) is 8.16. The number of hydrogen-bond acceptors (Lipinski definition) is 2. The zero-order valence-corrected chi connectivity index (χ0v) is 8.16. The Labute approximate surface area is 83.4 Å². The molecular formula is C11H14FNO. The van der Waals surface area contributed by atoms with Crippen molar-refractivity contribution in [2.24, 2.45) is 0 Å². The molecule has 0 spiro atoms. The maximum Gasteiger partial charge on any atom is 0.123 e. The molecule has 0 aliphatic rings. The van der Waals surface area contributed by atoms with Gasteiger partial charge in [-0.25, -0.2) is 4.39 Å². The SMILES string of the molecule is CNCC=CCOc1ccc(F)cc1. The molecule has 76 valence electrons. The van der Waals surface area contributed by atoms with Crippen molar-refractivity contribution in [3.8, 4) is 5.75 Å². The Morgan fingerprint density at radius 3 is 2.64 bits per heavy atom. The van der Waals surface area contributed by atoms with Crippen LogP contribution in [0.25, 0.3) is 0 Å². The van der Waals surface area contributed by atoms with E-state index in [9.17, 15) is 4.39 Å². The molecule has 2 nitrogen and oxygen atoms in total. The molecule has 0 saturated carbocycles. The molecule has 0 saturated heterocycles. The summed E-state index contributed by atoms with van der Waals surface area (Å²) in [6.45, 7) is 1.33. The summed E-state index contributed by atoms with van der Waals surface area (Å²) >= 11 is 0. The van der Waals surface area contributed by atoms with Crippen molar-refractivity contribution in [1.82, 2.24) is 5.32 Å². The number of rotatable bonds is 5. The van der Waals surface area contributed by atoms with Gasteiger partial charge >= 0.3 is 0 Å². The van der Waals surface area contributed by atoms with Gasteiger partial charge in [0.1, 0.15) is 18.2 Å². The van der Waals surface area contributed by atoms with Gasteiger partial charge in [0.25, 0.3) is 0 Å². The van der Waals surface area contributed by atoms with E-state index in [1.54, 1.807) is 12.1 Å². The van der Waals surface area contributed by atoms with Crippen LogP contribution in [0.4, 0.5) is 4.39 Å². The van der Waals surface area contributed by atoms with Gasteiger partial charge in [0.05, 0.1) is 0 Å². The second kappa shape index (κ2) is 6.16. The second-order valence-corrected chi connectivity index (χ2v) is 2.79. The van der Waals surface area contributed by atoms with Gasteiger partial charge in [-0.05, 0) is 31.3 Å². The normalized spacial score (nSPS) is 10.7. The van der Waals surface area contributed by atoms with E-state index in [-0.39, 0.29) is 5.82 Å². The molecule has 1 N–H and O–H groups in total. The van der Waals surface area contributed by atoms with Crippen LogP contribution in [0.1, 0.15) is 0 Å². The highest BCUT2D eigenvalue weighted by Crippen LogP contribution is 2.10. The van der Waals surface area contributed by atoms with Gasteiger partial charge in [-0.1, -0.05) is 12.2 Å². The summed E-state index contributed by atoms with van der Waals surface area (Å²) in [4.78, 5) is 0. The van der Waals surface area contributed by atoms with E-state index < -0.39 is 0 Å². The minimum Gasteiger partial charge on any atom is -0.490 e. The molecule has 0 bridgehead atoms. The minimum atomic E-state index is -0.247. The van der Waals surface area contributed by atoms with Crippen LogP contribution in [-0.2, 0) is 0 Å². The highest BCUT2D eigenvalue weighted by molar-refractivity contribution is 5.22. The van der Waals surface area contributed by atoms with Crippen LogP contribution in [0.15, 0.2) is 36.4 Å². The van der Waals surface area contributed by atoms with Crippen LogP contribution in [-0.4, -0.2) is 20.2 Å². The van der Waals surface area contributed by atoms with Crippen molar-refractivity contribution in [3.63, 3.8) is 0 Å². The average Bonchev–Trinajstić information content (AvgIpc) is 2.21. The molecule has 0 aromatic heterocycles. The van der Waals surface area contributed by atoms with Crippen LogP contribution in [0.2, 0.25) is 0 Å². The zero-order chi connectivity index (χ0) is 10.2. The maximum absolute atomic E-state index is 12.5. The molecule has 14 heavy (non-hydrogen) atoms. The second-order valence-electron chi connectivity index (χ2n) is 2.79. The standard InChI is InChI=1S/C11H14FNO/c1-13-8-2-3-9-14-11-6-4-10(12)5-7-11/h2-7,13H,8-9H2,1H3. The fraction of sp³-hybridized carbons (Fsp3) is 0.273. The van der Waals surface area contributed by atoms with Crippen LogP contribution >= 0.6 is 0 Å². The summed E-state index contributed by atoms with van der Waals surface area (Å²) < 4.78 is 17.8. The van der Waals surface area contributed by atoms with Gasteiger partial charge < -0.3 is 10.1 Å². The van der Waals surface area contributed by atoms with E-state index in [0.29, 0.717) is 12.4 Å². The Morgan fingerprint density at radius 1 is 1.29 bits per heavy atom. The smallest absolute Gasteiger partial charge is 0.123 e. The summed E-state index contributed by atoms with van der Waals surface area (Å²) in [6, 6.07) is 5.99. The number of benzene rings is 1. The van der Waals surface area contributed by atoms with E-state index in [1.165, 1.54) is 12.1 Å².